The largest absolute Gasteiger partial charge is 0.481 e. The van der Waals surface area contributed by atoms with Crippen molar-refractivity contribution >= 4 is 21.9 Å². The van der Waals surface area contributed by atoms with Gasteiger partial charge in [0.05, 0.1) is 11.2 Å². The number of hydrogen-bond donors (Lipinski definition) is 1. The van der Waals surface area contributed by atoms with Gasteiger partial charge in [0, 0.05) is 0 Å². The third-order valence-electron chi connectivity index (χ3n) is 1.56. The Kier molecular flexibility index (Phi) is 3.42. The highest BCUT2D eigenvalue weighted by Gasteiger charge is 2.11. The van der Waals surface area contributed by atoms with Gasteiger partial charge in [-0.3, -0.25) is 4.79 Å². The second-order valence-corrected chi connectivity index (χ2v) is 3.73. The van der Waals surface area contributed by atoms with E-state index in [1.54, 1.807) is 12.1 Å². The molecule has 0 saturated heterocycles. The van der Waals surface area contributed by atoms with Crippen LogP contribution in [0.1, 0.15) is 16.8 Å². The Balaban J connectivity index is 2.76. The number of carboxylic acids is 1. The van der Waals surface area contributed by atoms with Crippen LogP contribution in [0.2, 0.25) is 0 Å². The average molecular weight is 247 g/mol. The lowest BCUT2D eigenvalue weighted by atomic mass is 10.1. The third kappa shape index (κ3) is 3.14. The van der Waals surface area contributed by atoms with Crippen LogP contribution in [0.25, 0.3) is 0 Å². The predicted octanol–water partition coefficient (Wildman–Crippen LogP) is 2.74. The van der Waals surface area contributed by atoms with Crippen LogP contribution in [0.15, 0.2) is 24.3 Å². The van der Waals surface area contributed by atoms with E-state index in [9.17, 15) is 9.18 Å². The van der Waals surface area contributed by atoms with Crippen LogP contribution in [0.4, 0.5) is 4.39 Å². The summed E-state index contributed by atoms with van der Waals surface area (Å²) in [6, 6.07) is 5.89. The van der Waals surface area contributed by atoms with Crippen LogP contribution in [0.5, 0.6) is 0 Å². The molecule has 0 aliphatic rings. The molecule has 0 heterocycles. The zero-order chi connectivity index (χ0) is 9.84. The topological polar surface area (TPSA) is 37.3 Å². The quantitative estimate of drug-likeness (QED) is 0.834. The average Bonchev–Trinajstić information content (AvgIpc) is 2.03. The van der Waals surface area contributed by atoms with E-state index in [0.29, 0.717) is 5.56 Å². The van der Waals surface area contributed by atoms with Gasteiger partial charge in [-0.15, -0.1) is 0 Å². The summed E-state index contributed by atoms with van der Waals surface area (Å²) in [5, 5.41) is 8.49. The standard InChI is InChI=1S/C9H8BrFO2/c10-8(5-9(12)13)6-2-1-3-7(11)4-6/h1-4,8H,5H2,(H,12,13). The fourth-order valence-corrected chi connectivity index (χ4v) is 1.53. The lowest BCUT2D eigenvalue weighted by Gasteiger charge is -2.06. The van der Waals surface area contributed by atoms with Crippen molar-refractivity contribution in [2.24, 2.45) is 0 Å². The summed E-state index contributed by atoms with van der Waals surface area (Å²) in [6.07, 6.45) is -0.0521. The molecule has 0 fully saturated rings. The highest BCUT2D eigenvalue weighted by Crippen LogP contribution is 2.26. The molecule has 0 aromatic heterocycles. The minimum atomic E-state index is -0.911. The van der Waals surface area contributed by atoms with Gasteiger partial charge in [0.25, 0.3) is 0 Å². The van der Waals surface area contributed by atoms with Gasteiger partial charge < -0.3 is 5.11 Å². The van der Waals surface area contributed by atoms with Gasteiger partial charge in [0.2, 0.25) is 0 Å². The minimum absolute atomic E-state index is 0.0521. The van der Waals surface area contributed by atoms with Crippen molar-refractivity contribution < 1.29 is 14.3 Å². The highest BCUT2D eigenvalue weighted by molar-refractivity contribution is 9.09. The van der Waals surface area contributed by atoms with Gasteiger partial charge >= 0.3 is 5.97 Å². The molecule has 0 amide bonds. The zero-order valence-electron chi connectivity index (χ0n) is 6.71. The van der Waals surface area contributed by atoms with Crippen molar-refractivity contribution in [1.82, 2.24) is 0 Å². The zero-order valence-corrected chi connectivity index (χ0v) is 8.29. The van der Waals surface area contributed by atoms with E-state index >= 15 is 0 Å². The molecule has 2 nitrogen and oxygen atoms in total. The lowest BCUT2D eigenvalue weighted by molar-refractivity contribution is -0.136. The van der Waals surface area contributed by atoms with Crippen LogP contribution in [0, 0.1) is 5.82 Å². The second kappa shape index (κ2) is 4.37. The lowest BCUT2D eigenvalue weighted by Crippen LogP contribution is -2.00. The van der Waals surface area contributed by atoms with Gasteiger partial charge in [0.1, 0.15) is 5.82 Å². The number of carboxylic acid groups (broad SMARTS) is 1. The summed E-state index contributed by atoms with van der Waals surface area (Å²) >= 11 is 3.17. The summed E-state index contributed by atoms with van der Waals surface area (Å²) in [5.74, 6) is -1.27. The molecule has 1 N–H and O–H groups in total. The number of benzene rings is 1. The normalized spacial score (nSPS) is 12.5. The van der Waals surface area contributed by atoms with Crippen molar-refractivity contribution in [2.75, 3.05) is 0 Å². The molecule has 13 heavy (non-hydrogen) atoms. The number of hydrogen-bond acceptors (Lipinski definition) is 1. The van der Waals surface area contributed by atoms with E-state index in [1.807, 2.05) is 0 Å². The van der Waals surface area contributed by atoms with Crippen molar-refractivity contribution in [3.8, 4) is 0 Å². The summed E-state index contributed by atoms with van der Waals surface area (Å²) in [7, 11) is 0. The van der Waals surface area contributed by atoms with Crippen LogP contribution in [-0.2, 0) is 4.79 Å². The first-order valence-corrected chi connectivity index (χ1v) is 4.62. The Morgan fingerprint density at radius 1 is 1.62 bits per heavy atom. The highest BCUT2D eigenvalue weighted by atomic mass is 79.9. The molecule has 0 aliphatic heterocycles. The molecule has 70 valence electrons. The van der Waals surface area contributed by atoms with E-state index in [4.69, 9.17) is 5.11 Å². The molecule has 1 aromatic carbocycles. The van der Waals surface area contributed by atoms with Gasteiger partial charge in [-0.2, -0.15) is 0 Å². The molecule has 1 atom stereocenters. The molecule has 0 bridgehead atoms. The molecule has 0 saturated carbocycles. The summed E-state index contributed by atoms with van der Waals surface area (Å²) in [6.45, 7) is 0. The minimum Gasteiger partial charge on any atom is -0.481 e. The Morgan fingerprint density at radius 3 is 2.85 bits per heavy atom. The number of aliphatic carboxylic acids is 1. The number of halogens is 2. The van der Waals surface area contributed by atoms with E-state index < -0.39 is 5.97 Å². The van der Waals surface area contributed by atoms with E-state index in [-0.39, 0.29) is 17.1 Å². The Morgan fingerprint density at radius 2 is 2.31 bits per heavy atom. The van der Waals surface area contributed by atoms with Gasteiger partial charge in [-0.05, 0) is 17.7 Å². The van der Waals surface area contributed by atoms with Gasteiger partial charge in [-0.1, -0.05) is 28.1 Å². The molecule has 0 spiro atoms. The summed E-state index contributed by atoms with van der Waals surface area (Å²) in [4.78, 5) is 10.0. The molecule has 1 unspecified atom stereocenters. The predicted molar refractivity (Wildman–Crippen MR) is 50.3 cm³/mol. The first-order valence-electron chi connectivity index (χ1n) is 3.71. The van der Waals surface area contributed by atoms with Gasteiger partial charge in [-0.25, -0.2) is 4.39 Å². The fourth-order valence-electron chi connectivity index (χ4n) is 0.973. The molecular formula is C9H8BrFO2. The fraction of sp³-hybridized carbons (Fsp3) is 0.222. The van der Waals surface area contributed by atoms with Crippen molar-refractivity contribution in [3.05, 3.63) is 35.6 Å². The number of carbonyl (C=O) groups is 1. The molecule has 4 heteroatoms. The first kappa shape index (κ1) is 10.2. The van der Waals surface area contributed by atoms with Crippen molar-refractivity contribution in [3.63, 3.8) is 0 Å². The van der Waals surface area contributed by atoms with Crippen LogP contribution < -0.4 is 0 Å². The SMILES string of the molecule is O=C(O)CC(Br)c1cccc(F)c1. The van der Waals surface area contributed by atoms with Crippen molar-refractivity contribution in [2.45, 2.75) is 11.2 Å². The van der Waals surface area contributed by atoms with Crippen LogP contribution in [0.3, 0.4) is 0 Å². The Labute approximate surface area is 83.5 Å². The molecule has 1 rings (SSSR count). The molecule has 0 radical (unpaired) electrons. The van der Waals surface area contributed by atoms with Crippen LogP contribution >= 0.6 is 15.9 Å². The Bertz CT molecular complexity index is 314. The van der Waals surface area contributed by atoms with E-state index in [2.05, 4.69) is 15.9 Å². The van der Waals surface area contributed by atoms with E-state index in [1.165, 1.54) is 12.1 Å². The third-order valence-corrected chi connectivity index (χ3v) is 2.42. The molecule has 0 aliphatic carbocycles. The molecule has 1 aromatic rings. The summed E-state index contributed by atoms with van der Waals surface area (Å²) < 4.78 is 12.7. The van der Waals surface area contributed by atoms with E-state index in [0.717, 1.165) is 0 Å². The van der Waals surface area contributed by atoms with Gasteiger partial charge in [0.15, 0.2) is 0 Å². The maximum absolute atomic E-state index is 12.7. The maximum atomic E-state index is 12.7. The van der Waals surface area contributed by atoms with Crippen LogP contribution in [-0.4, -0.2) is 11.1 Å². The first-order chi connectivity index (χ1) is 6.09. The second-order valence-electron chi connectivity index (χ2n) is 2.62. The van der Waals surface area contributed by atoms with Crippen molar-refractivity contribution in [1.29, 1.82) is 0 Å². The smallest absolute Gasteiger partial charge is 0.304 e. The monoisotopic (exact) mass is 246 g/mol. The number of alkyl halides is 1. The summed E-state index contributed by atoms with van der Waals surface area (Å²) in [5.41, 5.74) is 0.641. The molecular weight excluding hydrogens is 239 g/mol. The Hall–Kier alpha value is -0.900. The number of rotatable bonds is 3. The maximum Gasteiger partial charge on any atom is 0.304 e.